The van der Waals surface area contributed by atoms with E-state index in [2.05, 4.69) is 25.6 Å². The first-order valence-corrected chi connectivity index (χ1v) is 8.77. The highest BCUT2D eigenvalue weighted by molar-refractivity contribution is 5.95. The maximum absolute atomic E-state index is 12.2. The zero-order valence-corrected chi connectivity index (χ0v) is 16.0. The lowest BCUT2D eigenvalue weighted by atomic mass is 10.2. The molecule has 1 aliphatic heterocycles. The minimum absolute atomic E-state index is 0.0351. The third kappa shape index (κ3) is 4.23. The molecule has 0 bridgehead atoms. The van der Waals surface area contributed by atoms with E-state index >= 15 is 0 Å². The first-order chi connectivity index (χ1) is 15.0. The first-order valence-electron chi connectivity index (χ1n) is 8.77. The van der Waals surface area contributed by atoms with Crippen LogP contribution in [0.25, 0.3) is 5.69 Å². The second-order valence-corrected chi connectivity index (χ2v) is 6.06. The molecule has 0 spiro atoms. The Labute approximate surface area is 174 Å². The van der Waals surface area contributed by atoms with Crippen LogP contribution in [0, 0.1) is 0 Å². The van der Waals surface area contributed by atoms with Crippen LogP contribution in [-0.4, -0.2) is 24.3 Å². The third-order valence-electron chi connectivity index (χ3n) is 4.16. The lowest BCUT2D eigenvalue weighted by Gasteiger charge is -2.14. The number of azo groups is 1. The molecule has 1 amide bonds. The minimum atomic E-state index is -0.686. The fraction of sp³-hybridized carbons (Fsp3) is 0.0526. The van der Waals surface area contributed by atoms with Crippen LogP contribution in [0.1, 0.15) is 10.4 Å². The number of benzene rings is 2. The largest absolute Gasteiger partial charge is 0.539 e. The summed E-state index contributed by atoms with van der Waals surface area (Å²) in [5.41, 5.74) is 3.84. The van der Waals surface area contributed by atoms with Gasteiger partial charge in [-0.05, 0) is 41.1 Å². The quantitative estimate of drug-likeness (QED) is 0.361. The normalized spacial score (nSPS) is 14.9. The lowest BCUT2D eigenvalue weighted by Crippen LogP contribution is -2.31. The summed E-state index contributed by atoms with van der Waals surface area (Å²) in [5, 5.41) is 23.2. The van der Waals surface area contributed by atoms with Crippen molar-refractivity contribution in [1.29, 1.82) is 0 Å². The number of ether oxygens (including phenoxy) is 1. The second-order valence-electron chi connectivity index (χ2n) is 6.06. The summed E-state index contributed by atoms with van der Waals surface area (Å²) in [6.45, 7) is 0. The van der Waals surface area contributed by atoms with E-state index in [9.17, 15) is 14.7 Å². The van der Waals surface area contributed by atoms with Crippen molar-refractivity contribution in [3.05, 3.63) is 72.2 Å². The fourth-order valence-electron chi connectivity index (χ4n) is 2.62. The number of hydrogen-bond acceptors (Lipinski definition) is 10. The molecular weight excluding hydrogens is 408 g/mol. The van der Waals surface area contributed by atoms with Gasteiger partial charge in [0.25, 0.3) is 5.91 Å². The molecule has 3 aromatic rings. The minimum Gasteiger partial charge on any atom is -0.539 e. The van der Waals surface area contributed by atoms with Crippen molar-refractivity contribution < 1.29 is 33.5 Å². The molecule has 1 N–H and O–H groups in total. The highest BCUT2D eigenvalue weighted by atomic mass is 16.7. The van der Waals surface area contributed by atoms with Crippen molar-refractivity contribution in [2.45, 2.75) is 0 Å². The summed E-state index contributed by atoms with van der Waals surface area (Å²) >= 11 is 0. The van der Waals surface area contributed by atoms with Crippen LogP contribution in [0.5, 0.6) is 11.7 Å². The van der Waals surface area contributed by atoms with Crippen LogP contribution in [-0.2, 0) is 9.63 Å². The number of hydrogen-bond donors (Lipinski definition) is 1. The van der Waals surface area contributed by atoms with Crippen molar-refractivity contribution in [2.24, 2.45) is 10.2 Å². The van der Waals surface area contributed by atoms with Gasteiger partial charge in [0.05, 0.1) is 24.3 Å². The highest BCUT2D eigenvalue weighted by Gasteiger charge is 2.29. The molecule has 31 heavy (non-hydrogen) atoms. The molecule has 0 radical (unpaired) electrons. The van der Waals surface area contributed by atoms with E-state index in [0.717, 1.165) is 12.4 Å². The number of methoxy groups -OCH3 is 1. The van der Waals surface area contributed by atoms with Gasteiger partial charge in [-0.2, -0.15) is 5.11 Å². The van der Waals surface area contributed by atoms with Crippen LogP contribution in [0.2, 0.25) is 0 Å². The second kappa shape index (κ2) is 8.42. The average molecular weight is 422 g/mol. The maximum Gasteiger partial charge on any atom is 0.378 e. The van der Waals surface area contributed by atoms with Crippen molar-refractivity contribution in [3.8, 4) is 17.4 Å². The van der Waals surface area contributed by atoms with Crippen LogP contribution < -0.4 is 25.1 Å². The molecule has 12 nitrogen and oxygen atoms in total. The number of anilines is 1. The van der Waals surface area contributed by atoms with E-state index < -0.39 is 17.8 Å². The zero-order chi connectivity index (χ0) is 21.8. The predicted molar refractivity (Wildman–Crippen MR) is 99.5 cm³/mol. The van der Waals surface area contributed by atoms with Gasteiger partial charge in [0, 0.05) is 17.7 Å². The number of carbonyl (C=O) groups is 2. The fourth-order valence-corrected chi connectivity index (χ4v) is 2.62. The molecule has 1 saturated heterocycles. The Kier molecular flexibility index (Phi) is 5.36. The van der Waals surface area contributed by atoms with E-state index in [4.69, 9.17) is 9.57 Å². The van der Waals surface area contributed by atoms with Crippen molar-refractivity contribution >= 4 is 17.6 Å². The molecule has 156 valence electrons. The van der Waals surface area contributed by atoms with Crippen LogP contribution in [0.4, 0.5) is 5.69 Å². The molecule has 0 saturated carbocycles. The summed E-state index contributed by atoms with van der Waals surface area (Å²) in [5.74, 6) is -1.26. The van der Waals surface area contributed by atoms with E-state index in [1.807, 2.05) is 0 Å². The SMILES string of the molecule is COc1ccc(N2NOC(=O)/C2=C\N=NC(=O)c2ccc(-[n+]3cc([O-])on3)cc2)cc1. The van der Waals surface area contributed by atoms with Gasteiger partial charge in [-0.3, -0.25) is 4.79 Å². The number of carbonyl (C=O) groups excluding carboxylic acids is 2. The topological polar surface area (TPSA) is 146 Å². The summed E-state index contributed by atoms with van der Waals surface area (Å²) in [6.07, 6.45) is 2.27. The van der Waals surface area contributed by atoms with Gasteiger partial charge in [-0.1, -0.05) is 5.59 Å². The first kappa shape index (κ1) is 19.7. The molecule has 0 unspecified atom stereocenters. The Morgan fingerprint density at radius 1 is 1.23 bits per heavy atom. The summed E-state index contributed by atoms with van der Waals surface area (Å²) in [7, 11) is 1.54. The standard InChI is InChI=1S/C19H14N6O6/c1-29-15-8-6-14(7-9-15)25-16(19(28)31-23-25)10-20-21-18(27)12-2-4-13(5-3-12)24-11-17(26)30-22-24/h2-11,23H,1H3/b16-10+,21-20?. The number of nitrogens with one attached hydrogen (secondary N) is 1. The Bertz CT molecular complexity index is 1170. The number of rotatable bonds is 5. The van der Waals surface area contributed by atoms with Crippen molar-refractivity contribution in [1.82, 2.24) is 10.9 Å². The lowest BCUT2D eigenvalue weighted by molar-refractivity contribution is -0.670. The summed E-state index contributed by atoms with van der Waals surface area (Å²) in [4.78, 5) is 29.0. The molecule has 2 heterocycles. The van der Waals surface area contributed by atoms with Crippen LogP contribution >= 0.6 is 0 Å². The van der Waals surface area contributed by atoms with Gasteiger partial charge in [-0.25, -0.2) is 9.80 Å². The Morgan fingerprint density at radius 2 is 1.97 bits per heavy atom. The molecule has 0 aliphatic carbocycles. The molecule has 1 aliphatic rings. The molecular formula is C19H14N6O6. The molecule has 1 aromatic heterocycles. The zero-order valence-electron chi connectivity index (χ0n) is 16.0. The van der Waals surface area contributed by atoms with Gasteiger partial charge in [0.15, 0.2) is 5.70 Å². The van der Waals surface area contributed by atoms with E-state index in [1.54, 1.807) is 43.5 Å². The number of amides is 1. The highest BCUT2D eigenvalue weighted by Crippen LogP contribution is 2.24. The van der Waals surface area contributed by atoms with Crippen LogP contribution in [0.15, 0.2) is 81.4 Å². The van der Waals surface area contributed by atoms with Gasteiger partial charge in [0.2, 0.25) is 11.9 Å². The predicted octanol–water partition coefficient (Wildman–Crippen LogP) is 0.950. The molecule has 4 rings (SSSR count). The third-order valence-corrected chi connectivity index (χ3v) is 4.16. The molecule has 2 aromatic carbocycles. The molecule has 1 fully saturated rings. The average Bonchev–Trinajstić information content (AvgIpc) is 3.39. The smallest absolute Gasteiger partial charge is 0.378 e. The van der Waals surface area contributed by atoms with E-state index in [-0.39, 0.29) is 11.3 Å². The molecule has 12 heteroatoms. The van der Waals surface area contributed by atoms with E-state index in [1.165, 1.54) is 21.8 Å². The Morgan fingerprint density at radius 3 is 2.61 bits per heavy atom. The van der Waals surface area contributed by atoms with E-state index in [0.29, 0.717) is 17.1 Å². The number of aromatic nitrogens is 2. The van der Waals surface area contributed by atoms with Gasteiger partial charge < -0.3 is 19.2 Å². The Hall–Kier alpha value is -4.58. The monoisotopic (exact) mass is 422 g/mol. The van der Waals surface area contributed by atoms with Crippen LogP contribution in [0.3, 0.4) is 0 Å². The van der Waals surface area contributed by atoms with Gasteiger partial charge >= 0.3 is 5.97 Å². The Balaban J connectivity index is 1.47. The maximum atomic E-state index is 12.2. The molecule has 0 atom stereocenters. The van der Waals surface area contributed by atoms with Crippen molar-refractivity contribution in [3.63, 3.8) is 0 Å². The number of nitrogens with zero attached hydrogens (tertiary/aromatic N) is 5. The number of hydrazine groups is 1. The van der Waals surface area contributed by atoms with Gasteiger partial charge in [-0.15, -0.1) is 5.11 Å². The summed E-state index contributed by atoms with van der Waals surface area (Å²) < 4.78 is 10.8. The summed E-state index contributed by atoms with van der Waals surface area (Å²) in [6, 6.07) is 12.9. The van der Waals surface area contributed by atoms with Gasteiger partial charge in [0.1, 0.15) is 11.7 Å². The van der Waals surface area contributed by atoms with Crippen molar-refractivity contribution in [2.75, 3.05) is 12.1 Å².